The number of hydrogen-bond acceptors (Lipinski definition) is 3. The highest BCUT2D eigenvalue weighted by Crippen LogP contribution is 2.38. The molecule has 0 bridgehead atoms. The van der Waals surface area contributed by atoms with Gasteiger partial charge in [0.15, 0.2) is 11.6 Å². The summed E-state index contributed by atoms with van der Waals surface area (Å²) in [5.41, 5.74) is 3.22. The lowest BCUT2D eigenvalue weighted by molar-refractivity contribution is -0.133. The molecule has 2 aromatic carbocycles. The van der Waals surface area contributed by atoms with Crippen molar-refractivity contribution in [3.05, 3.63) is 65.0 Å². The van der Waals surface area contributed by atoms with Crippen molar-refractivity contribution >= 4 is 5.91 Å². The van der Waals surface area contributed by atoms with Crippen LogP contribution in [0.2, 0.25) is 0 Å². The number of halogens is 1. The minimum Gasteiger partial charge on any atom is -0.494 e. The Labute approximate surface area is 159 Å². The van der Waals surface area contributed by atoms with Crippen LogP contribution >= 0.6 is 0 Å². The molecule has 5 heteroatoms. The Kier molecular flexibility index (Phi) is 4.87. The molecule has 0 saturated carbocycles. The van der Waals surface area contributed by atoms with Gasteiger partial charge in [-0.3, -0.25) is 9.69 Å². The Morgan fingerprint density at radius 2 is 1.89 bits per heavy atom. The first-order chi connectivity index (χ1) is 13.1. The number of piperidine rings is 1. The second kappa shape index (κ2) is 7.31. The minimum atomic E-state index is -0.340. The third kappa shape index (κ3) is 3.56. The van der Waals surface area contributed by atoms with Gasteiger partial charge in [0.1, 0.15) is 0 Å². The first kappa shape index (κ1) is 18.0. The van der Waals surface area contributed by atoms with Gasteiger partial charge in [-0.1, -0.05) is 30.3 Å². The first-order valence-electron chi connectivity index (χ1n) is 9.49. The van der Waals surface area contributed by atoms with Gasteiger partial charge in [-0.25, -0.2) is 4.39 Å². The van der Waals surface area contributed by atoms with Crippen molar-refractivity contribution in [2.24, 2.45) is 5.41 Å². The number of nitrogens with one attached hydrogen (secondary N) is 1. The molecule has 1 saturated heterocycles. The van der Waals surface area contributed by atoms with Gasteiger partial charge in [-0.2, -0.15) is 0 Å². The van der Waals surface area contributed by atoms with Gasteiger partial charge in [-0.15, -0.1) is 0 Å². The standard InChI is InChI=1S/C22H25FN2O2/c1-27-20-12-16(6-7-19(20)23)15-25-10-8-22(9-11-25)13-17-4-2-3-5-18(17)14-24-21(22)26/h2-7,12H,8-11,13-15H2,1H3,(H,24,26). The van der Waals surface area contributed by atoms with Crippen molar-refractivity contribution in [1.82, 2.24) is 10.2 Å². The summed E-state index contributed by atoms with van der Waals surface area (Å²) in [4.78, 5) is 15.2. The monoisotopic (exact) mass is 368 g/mol. The van der Waals surface area contributed by atoms with Gasteiger partial charge < -0.3 is 10.1 Å². The number of nitrogens with zero attached hydrogens (tertiary/aromatic N) is 1. The zero-order valence-electron chi connectivity index (χ0n) is 15.6. The molecule has 4 rings (SSSR count). The van der Waals surface area contributed by atoms with E-state index >= 15 is 0 Å². The fourth-order valence-electron chi connectivity index (χ4n) is 4.31. The Bertz CT molecular complexity index is 844. The maximum Gasteiger partial charge on any atom is 0.226 e. The SMILES string of the molecule is COc1cc(CN2CCC3(CC2)Cc2ccccc2CNC3=O)ccc1F. The molecule has 1 spiro atoms. The maximum atomic E-state index is 13.6. The second-order valence-electron chi connectivity index (χ2n) is 7.65. The van der Waals surface area contributed by atoms with Crippen molar-refractivity contribution in [1.29, 1.82) is 0 Å². The van der Waals surface area contributed by atoms with E-state index in [4.69, 9.17) is 4.74 Å². The summed E-state index contributed by atoms with van der Waals surface area (Å²) in [5.74, 6) is 0.121. The highest BCUT2D eigenvalue weighted by molar-refractivity contribution is 5.83. The number of benzene rings is 2. The number of hydrogen-bond donors (Lipinski definition) is 1. The van der Waals surface area contributed by atoms with Crippen LogP contribution in [0.1, 0.15) is 29.5 Å². The van der Waals surface area contributed by atoms with Crippen molar-refractivity contribution in [3.8, 4) is 5.75 Å². The van der Waals surface area contributed by atoms with Crippen LogP contribution in [0.15, 0.2) is 42.5 Å². The molecular weight excluding hydrogens is 343 g/mol. The molecule has 0 aliphatic carbocycles. The van der Waals surface area contributed by atoms with Gasteiger partial charge in [0.25, 0.3) is 0 Å². The minimum absolute atomic E-state index is 0.182. The molecule has 0 unspecified atom stereocenters. The van der Waals surface area contributed by atoms with Crippen LogP contribution in [0.3, 0.4) is 0 Å². The van der Waals surface area contributed by atoms with Crippen LogP contribution in [0.4, 0.5) is 4.39 Å². The summed E-state index contributed by atoms with van der Waals surface area (Å²) in [6.45, 7) is 3.07. The molecule has 1 fully saturated rings. The number of ether oxygens (including phenoxy) is 1. The predicted molar refractivity (Wildman–Crippen MR) is 102 cm³/mol. The molecule has 0 radical (unpaired) electrons. The molecule has 1 amide bonds. The van der Waals surface area contributed by atoms with E-state index in [1.165, 1.54) is 24.3 Å². The summed E-state index contributed by atoms with van der Waals surface area (Å²) in [6.07, 6.45) is 2.49. The number of fused-ring (bicyclic) bond motifs is 1. The van der Waals surface area contributed by atoms with Crippen molar-refractivity contribution < 1.29 is 13.9 Å². The van der Waals surface area contributed by atoms with Crippen LogP contribution in [0, 0.1) is 11.2 Å². The number of methoxy groups -OCH3 is 1. The Morgan fingerprint density at radius 1 is 1.15 bits per heavy atom. The van der Waals surface area contributed by atoms with E-state index in [1.807, 2.05) is 6.07 Å². The summed E-state index contributed by atoms with van der Waals surface area (Å²) in [5, 5.41) is 3.13. The van der Waals surface area contributed by atoms with E-state index < -0.39 is 0 Å². The van der Waals surface area contributed by atoms with Crippen LogP contribution < -0.4 is 10.1 Å². The normalized spacial score (nSPS) is 19.3. The number of likely N-dealkylation sites (tertiary alicyclic amines) is 1. The lowest BCUT2D eigenvalue weighted by Crippen LogP contribution is -2.48. The Balaban J connectivity index is 1.46. The molecule has 142 valence electrons. The fourth-order valence-corrected chi connectivity index (χ4v) is 4.31. The van der Waals surface area contributed by atoms with E-state index in [2.05, 4.69) is 28.4 Å². The van der Waals surface area contributed by atoms with E-state index in [-0.39, 0.29) is 22.9 Å². The summed E-state index contributed by atoms with van der Waals surface area (Å²) in [6, 6.07) is 13.3. The van der Waals surface area contributed by atoms with Gasteiger partial charge in [0, 0.05) is 13.1 Å². The van der Waals surface area contributed by atoms with E-state index in [0.717, 1.165) is 44.5 Å². The molecule has 0 atom stereocenters. The summed E-state index contributed by atoms with van der Waals surface area (Å²) >= 11 is 0. The van der Waals surface area contributed by atoms with Gasteiger partial charge in [-0.05, 0) is 61.2 Å². The average molecular weight is 368 g/mol. The van der Waals surface area contributed by atoms with Gasteiger partial charge >= 0.3 is 0 Å². The second-order valence-corrected chi connectivity index (χ2v) is 7.65. The first-order valence-corrected chi connectivity index (χ1v) is 9.49. The number of carbonyl (C=O) groups excluding carboxylic acids is 1. The van der Waals surface area contributed by atoms with Crippen LogP contribution in [0.5, 0.6) is 5.75 Å². The molecule has 27 heavy (non-hydrogen) atoms. The van der Waals surface area contributed by atoms with Crippen LogP contribution in [0.25, 0.3) is 0 Å². The molecule has 2 heterocycles. The van der Waals surface area contributed by atoms with E-state index in [0.29, 0.717) is 6.54 Å². The number of rotatable bonds is 3. The largest absolute Gasteiger partial charge is 0.494 e. The predicted octanol–water partition coefficient (Wildman–Crippen LogP) is 3.29. The van der Waals surface area contributed by atoms with Crippen LogP contribution in [-0.2, 0) is 24.3 Å². The van der Waals surface area contributed by atoms with Gasteiger partial charge in [0.05, 0.1) is 12.5 Å². The third-order valence-corrected chi connectivity index (χ3v) is 6.00. The molecule has 0 aromatic heterocycles. The summed E-state index contributed by atoms with van der Waals surface area (Å²) < 4.78 is 18.7. The Morgan fingerprint density at radius 3 is 2.63 bits per heavy atom. The zero-order chi connectivity index (χ0) is 18.9. The molecule has 2 aliphatic rings. The average Bonchev–Trinajstić information content (AvgIpc) is 2.82. The van der Waals surface area contributed by atoms with Crippen molar-refractivity contribution in [2.75, 3.05) is 20.2 Å². The van der Waals surface area contributed by atoms with Crippen LogP contribution in [-0.4, -0.2) is 31.0 Å². The molecule has 4 nitrogen and oxygen atoms in total. The third-order valence-electron chi connectivity index (χ3n) is 6.00. The molecule has 2 aromatic rings. The van der Waals surface area contributed by atoms with E-state index in [9.17, 15) is 9.18 Å². The highest BCUT2D eigenvalue weighted by Gasteiger charge is 2.42. The highest BCUT2D eigenvalue weighted by atomic mass is 19.1. The zero-order valence-corrected chi connectivity index (χ0v) is 15.6. The summed E-state index contributed by atoms with van der Waals surface area (Å²) in [7, 11) is 1.48. The number of carbonyl (C=O) groups is 1. The topological polar surface area (TPSA) is 41.6 Å². The lowest BCUT2D eigenvalue weighted by Gasteiger charge is -2.40. The van der Waals surface area contributed by atoms with Crippen molar-refractivity contribution in [2.45, 2.75) is 32.4 Å². The Hall–Kier alpha value is -2.40. The maximum absolute atomic E-state index is 13.6. The van der Waals surface area contributed by atoms with Crippen molar-refractivity contribution in [3.63, 3.8) is 0 Å². The quantitative estimate of drug-likeness (QED) is 0.904. The smallest absolute Gasteiger partial charge is 0.226 e. The molecular formula is C22H25FN2O2. The number of amides is 1. The van der Waals surface area contributed by atoms with E-state index in [1.54, 1.807) is 12.1 Å². The lowest BCUT2D eigenvalue weighted by atomic mass is 9.73. The molecule has 2 aliphatic heterocycles. The fraction of sp³-hybridized carbons (Fsp3) is 0.409. The van der Waals surface area contributed by atoms with Gasteiger partial charge in [0.2, 0.25) is 5.91 Å². The molecule has 1 N–H and O–H groups in total.